The monoisotopic (exact) mass is 471 g/mol. The number of benzene rings is 2. The molecule has 0 radical (unpaired) electrons. The average molecular weight is 472 g/mol. The van der Waals surface area contributed by atoms with Gasteiger partial charge in [0, 0.05) is 13.0 Å². The molecule has 2 aromatic carbocycles. The Labute approximate surface area is 200 Å². The Morgan fingerprint density at radius 2 is 1.59 bits per heavy atom. The van der Waals surface area contributed by atoms with Gasteiger partial charge >= 0.3 is 0 Å². The molecule has 1 N–H and O–H groups in total. The van der Waals surface area contributed by atoms with E-state index in [1.807, 2.05) is 12.1 Å². The first-order chi connectivity index (χ1) is 16.5. The first-order valence-electron chi connectivity index (χ1n) is 11.3. The first-order valence-corrected chi connectivity index (χ1v) is 11.3. The Hall–Kier alpha value is -3.39. The van der Waals surface area contributed by atoms with Crippen molar-refractivity contribution < 1.29 is 32.9 Å². The third kappa shape index (κ3) is 5.94. The van der Waals surface area contributed by atoms with Crippen molar-refractivity contribution in [1.82, 2.24) is 5.32 Å². The van der Waals surface area contributed by atoms with Gasteiger partial charge < -0.3 is 33.4 Å². The molecule has 0 saturated carbocycles. The third-order valence-electron chi connectivity index (χ3n) is 5.48. The highest BCUT2D eigenvalue weighted by atomic mass is 16.5. The molecular weight excluding hydrogens is 438 g/mol. The maximum atomic E-state index is 11.7. The highest BCUT2D eigenvalue weighted by Crippen LogP contribution is 2.43. The largest absolute Gasteiger partial charge is 0.496 e. The van der Waals surface area contributed by atoms with Crippen molar-refractivity contribution in [3.8, 4) is 28.7 Å². The van der Waals surface area contributed by atoms with Gasteiger partial charge in [-0.25, -0.2) is 0 Å². The molecule has 1 aromatic heterocycles. The summed E-state index contributed by atoms with van der Waals surface area (Å²) in [5.74, 6) is 3.11. The number of fused-ring (bicyclic) bond motifs is 1. The Kier molecular flexibility index (Phi) is 9.04. The summed E-state index contributed by atoms with van der Waals surface area (Å²) in [6, 6.07) is 9.44. The fraction of sp³-hybridized carbons (Fsp3) is 0.423. The molecule has 0 unspecified atom stereocenters. The van der Waals surface area contributed by atoms with Gasteiger partial charge in [-0.1, -0.05) is 6.07 Å². The number of Topliss-reactive ketones (excluding diaryl/α,β-unsaturated/α-hetero) is 1. The predicted octanol–water partition coefficient (Wildman–Crippen LogP) is 4.66. The van der Waals surface area contributed by atoms with Crippen molar-refractivity contribution in [3.05, 3.63) is 41.7 Å². The number of methoxy groups -OCH3 is 4. The maximum absolute atomic E-state index is 11.7. The van der Waals surface area contributed by atoms with Gasteiger partial charge in [-0.05, 0) is 56.1 Å². The number of rotatable bonds is 14. The average Bonchev–Trinajstić information content (AvgIpc) is 3.30. The number of ether oxygens (including phenoxy) is 5. The molecule has 8 nitrogen and oxygen atoms in total. The standard InChI is InChI=1S/C26H33NO7/c1-17(28)21-15-19-22(30-3)16-24(26(32-5)25(19)34-21)33-13-7-12-27-11-6-8-18-9-10-20(29-2)23(14-18)31-4/h9-10,14-16,27H,6-8,11-13H2,1-5H3. The second kappa shape index (κ2) is 12.2. The minimum atomic E-state index is -0.167. The number of furan rings is 1. The lowest BCUT2D eigenvalue weighted by molar-refractivity contribution is 0.0989. The Morgan fingerprint density at radius 3 is 2.26 bits per heavy atom. The van der Waals surface area contributed by atoms with Crippen molar-refractivity contribution in [2.24, 2.45) is 0 Å². The number of aryl methyl sites for hydroxylation is 1. The van der Waals surface area contributed by atoms with E-state index in [1.165, 1.54) is 12.5 Å². The Balaban J connectivity index is 1.46. The van der Waals surface area contributed by atoms with E-state index in [1.54, 1.807) is 40.6 Å². The van der Waals surface area contributed by atoms with Crippen LogP contribution < -0.4 is 29.0 Å². The van der Waals surface area contributed by atoms with Gasteiger partial charge in [0.2, 0.25) is 5.75 Å². The van der Waals surface area contributed by atoms with Crippen molar-refractivity contribution >= 4 is 16.8 Å². The molecule has 8 heteroatoms. The molecule has 1 heterocycles. The van der Waals surface area contributed by atoms with Crippen LogP contribution in [0.1, 0.15) is 35.9 Å². The topological polar surface area (TPSA) is 88.4 Å². The van der Waals surface area contributed by atoms with Crippen molar-refractivity contribution in [2.45, 2.75) is 26.2 Å². The minimum Gasteiger partial charge on any atom is -0.496 e. The van der Waals surface area contributed by atoms with Crippen LogP contribution in [0.4, 0.5) is 0 Å². The van der Waals surface area contributed by atoms with Gasteiger partial charge in [0.25, 0.3) is 0 Å². The summed E-state index contributed by atoms with van der Waals surface area (Å²) in [4.78, 5) is 11.7. The van der Waals surface area contributed by atoms with Crippen LogP contribution in [0.15, 0.2) is 34.7 Å². The fourth-order valence-corrected chi connectivity index (χ4v) is 3.72. The van der Waals surface area contributed by atoms with Crippen LogP contribution in [0.25, 0.3) is 11.0 Å². The molecule has 0 fully saturated rings. The highest BCUT2D eigenvalue weighted by Gasteiger charge is 2.21. The summed E-state index contributed by atoms with van der Waals surface area (Å²) >= 11 is 0. The fourth-order valence-electron chi connectivity index (χ4n) is 3.72. The van der Waals surface area contributed by atoms with Gasteiger partial charge in [0.05, 0.1) is 40.4 Å². The van der Waals surface area contributed by atoms with Crippen molar-refractivity contribution in [2.75, 3.05) is 48.1 Å². The molecule has 184 valence electrons. The van der Waals surface area contributed by atoms with E-state index in [0.29, 0.717) is 34.8 Å². The zero-order chi connectivity index (χ0) is 24.5. The molecule has 0 spiro atoms. The van der Waals surface area contributed by atoms with Gasteiger partial charge in [-0.3, -0.25) is 4.79 Å². The lowest BCUT2D eigenvalue weighted by atomic mass is 10.1. The zero-order valence-corrected chi connectivity index (χ0v) is 20.5. The SMILES string of the molecule is COc1ccc(CCCNCCCOc2cc(OC)c3cc(C(C)=O)oc3c2OC)cc1OC. The van der Waals surface area contributed by atoms with Crippen LogP contribution in [0, 0.1) is 0 Å². The van der Waals surface area contributed by atoms with Crippen LogP contribution in [0.3, 0.4) is 0 Å². The lowest BCUT2D eigenvalue weighted by Gasteiger charge is -2.13. The second-order valence-corrected chi connectivity index (χ2v) is 7.76. The third-order valence-corrected chi connectivity index (χ3v) is 5.48. The molecule has 0 bridgehead atoms. The maximum Gasteiger partial charge on any atom is 0.204 e. The molecule has 0 aliphatic heterocycles. The van der Waals surface area contributed by atoms with E-state index >= 15 is 0 Å². The predicted molar refractivity (Wildman–Crippen MR) is 130 cm³/mol. The van der Waals surface area contributed by atoms with E-state index in [9.17, 15) is 4.79 Å². The Bertz CT molecular complexity index is 1110. The number of nitrogens with one attached hydrogen (secondary N) is 1. The molecule has 0 aliphatic carbocycles. The molecular formula is C26H33NO7. The van der Waals surface area contributed by atoms with Crippen molar-refractivity contribution in [1.29, 1.82) is 0 Å². The van der Waals surface area contributed by atoms with Crippen molar-refractivity contribution in [3.63, 3.8) is 0 Å². The number of hydrogen-bond donors (Lipinski definition) is 1. The summed E-state index contributed by atoms with van der Waals surface area (Å²) in [6.45, 7) is 3.67. The van der Waals surface area contributed by atoms with Crippen LogP contribution in [-0.4, -0.2) is 53.9 Å². The van der Waals surface area contributed by atoms with E-state index in [2.05, 4.69) is 11.4 Å². The number of hydrogen-bond acceptors (Lipinski definition) is 8. The molecule has 3 aromatic rings. The summed E-state index contributed by atoms with van der Waals surface area (Å²) in [7, 11) is 6.39. The van der Waals surface area contributed by atoms with Crippen LogP contribution >= 0.6 is 0 Å². The van der Waals surface area contributed by atoms with E-state index in [-0.39, 0.29) is 11.5 Å². The quantitative estimate of drug-likeness (QED) is 0.268. The summed E-state index contributed by atoms with van der Waals surface area (Å²) in [5, 5.41) is 4.12. The molecule has 0 amide bonds. The smallest absolute Gasteiger partial charge is 0.204 e. The lowest BCUT2D eigenvalue weighted by Crippen LogP contribution is -2.19. The van der Waals surface area contributed by atoms with Crippen LogP contribution in [0.2, 0.25) is 0 Å². The zero-order valence-electron chi connectivity index (χ0n) is 20.5. The molecule has 0 aliphatic rings. The molecule has 34 heavy (non-hydrogen) atoms. The molecule has 0 atom stereocenters. The number of carbonyl (C=O) groups excluding carboxylic acids is 1. The van der Waals surface area contributed by atoms with Gasteiger partial charge in [0.1, 0.15) is 5.75 Å². The van der Waals surface area contributed by atoms with E-state index in [0.717, 1.165) is 43.9 Å². The molecule has 3 rings (SSSR count). The Morgan fingerprint density at radius 1 is 0.853 bits per heavy atom. The number of carbonyl (C=O) groups is 1. The van der Waals surface area contributed by atoms with Gasteiger partial charge in [0.15, 0.2) is 34.4 Å². The van der Waals surface area contributed by atoms with E-state index < -0.39 is 0 Å². The highest BCUT2D eigenvalue weighted by molar-refractivity contribution is 6.00. The second-order valence-electron chi connectivity index (χ2n) is 7.76. The van der Waals surface area contributed by atoms with Gasteiger partial charge in [-0.15, -0.1) is 0 Å². The minimum absolute atomic E-state index is 0.167. The normalized spacial score (nSPS) is 10.9. The van der Waals surface area contributed by atoms with Gasteiger partial charge in [-0.2, -0.15) is 0 Å². The summed E-state index contributed by atoms with van der Waals surface area (Å²) < 4.78 is 33.3. The summed E-state index contributed by atoms with van der Waals surface area (Å²) in [5.41, 5.74) is 1.65. The number of ketones is 1. The van der Waals surface area contributed by atoms with Crippen LogP contribution in [-0.2, 0) is 6.42 Å². The van der Waals surface area contributed by atoms with Crippen LogP contribution in [0.5, 0.6) is 28.7 Å². The summed E-state index contributed by atoms with van der Waals surface area (Å²) in [6.07, 6.45) is 2.78. The first kappa shape index (κ1) is 25.2. The van der Waals surface area contributed by atoms with E-state index in [4.69, 9.17) is 28.1 Å². The molecule has 0 saturated heterocycles.